The first-order chi connectivity index (χ1) is 7.68. The van der Waals surface area contributed by atoms with Crippen LogP contribution in [0.1, 0.15) is 5.56 Å². The Morgan fingerprint density at radius 2 is 2.00 bits per heavy atom. The molecule has 16 heavy (non-hydrogen) atoms. The van der Waals surface area contributed by atoms with Gasteiger partial charge < -0.3 is 4.74 Å². The molecular formula is C12H11NO3. The molecule has 0 aromatic heterocycles. The van der Waals surface area contributed by atoms with E-state index in [2.05, 4.69) is 0 Å². The molecule has 2 aliphatic rings. The van der Waals surface area contributed by atoms with E-state index in [1.54, 1.807) is 0 Å². The Morgan fingerprint density at radius 3 is 2.81 bits per heavy atom. The van der Waals surface area contributed by atoms with Crippen molar-refractivity contribution in [3.05, 3.63) is 29.8 Å². The number of benzene rings is 1. The highest BCUT2D eigenvalue weighted by Gasteiger charge is 2.49. The van der Waals surface area contributed by atoms with Gasteiger partial charge in [0.1, 0.15) is 5.75 Å². The average Bonchev–Trinajstić information content (AvgIpc) is 2.52. The SMILES string of the molecule is CN1C(=O)[C@H]2Cc3ccccc3O[C@H]2C1=O. The highest BCUT2D eigenvalue weighted by Crippen LogP contribution is 2.35. The van der Waals surface area contributed by atoms with Gasteiger partial charge in [-0.15, -0.1) is 0 Å². The third-order valence-electron chi connectivity index (χ3n) is 3.25. The van der Waals surface area contributed by atoms with Gasteiger partial charge in [0.25, 0.3) is 5.91 Å². The number of hydrogen-bond donors (Lipinski definition) is 0. The molecule has 0 radical (unpaired) electrons. The maximum atomic E-state index is 11.8. The predicted molar refractivity (Wildman–Crippen MR) is 55.8 cm³/mol. The molecule has 4 nitrogen and oxygen atoms in total. The van der Waals surface area contributed by atoms with E-state index in [4.69, 9.17) is 4.74 Å². The van der Waals surface area contributed by atoms with Gasteiger partial charge in [0.2, 0.25) is 5.91 Å². The summed E-state index contributed by atoms with van der Waals surface area (Å²) in [6.07, 6.45) is -0.0251. The number of imide groups is 1. The van der Waals surface area contributed by atoms with Crippen molar-refractivity contribution < 1.29 is 14.3 Å². The second kappa shape index (κ2) is 3.07. The van der Waals surface area contributed by atoms with Crippen molar-refractivity contribution >= 4 is 11.8 Å². The third-order valence-corrected chi connectivity index (χ3v) is 3.25. The Kier molecular flexibility index (Phi) is 1.80. The van der Waals surface area contributed by atoms with Crippen molar-refractivity contribution in [1.29, 1.82) is 0 Å². The van der Waals surface area contributed by atoms with Crippen LogP contribution in [0.3, 0.4) is 0 Å². The summed E-state index contributed by atoms with van der Waals surface area (Å²) in [4.78, 5) is 24.7. The van der Waals surface area contributed by atoms with Gasteiger partial charge in [0.15, 0.2) is 6.10 Å². The van der Waals surface area contributed by atoms with Gasteiger partial charge in [0, 0.05) is 7.05 Å². The Balaban J connectivity index is 2.03. The third kappa shape index (κ3) is 1.10. The Labute approximate surface area is 92.8 Å². The zero-order chi connectivity index (χ0) is 11.3. The van der Waals surface area contributed by atoms with Crippen LogP contribution in [0.5, 0.6) is 5.75 Å². The zero-order valence-electron chi connectivity index (χ0n) is 8.84. The summed E-state index contributed by atoms with van der Waals surface area (Å²) in [6.45, 7) is 0. The van der Waals surface area contributed by atoms with E-state index in [1.165, 1.54) is 11.9 Å². The van der Waals surface area contributed by atoms with Crippen molar-refractivity contribution in [1.82, 2.24) is 4.90 Å². The molecule has 0 saturated carbocycles. The lowest BCUT2D eigenvalue weighted by Gasteiger charge is -2.25. The van der Waals surface area contributed by atoms with Crippen LogP contribution < -0.4 is 4.74 Å². The van der Waals surface area contributed by atoms with Crippen molar-refractivity contribution in [3.8, 4) is 5.75 Å². The predicted octanol–water partition coefficient (Wildman–Crippen LogP) is 0.605. The number of amides is 2. The Bertz CT molecular complexity index is 440. The van der Waals surface area contributed by atoms with Crippen molar-refractivity contribution in [2.45, 2.75) is 12.5 Å². The molecule has 1 fully saturated rings. The van der Waals surface area contributed by atoms with Gasteiger partial charge in [-0.1, -0.05) is 18.2 Å². The van der Waals surface area contributed by atoms with Crippen LogP contribution >= 0.6 is 0 Å². The fourth-order valence-electron chi connectivity index (χ4n) is 2.34. The van der Waals surface area contributed by atoms with Crippen LogP contribution in [0.15, 0.2) is 24.3 Å². The molecule has 1 aromatic rings. The van der Waals surface area contributed by atoms with Crippen LogP contribution in [0.4, 0.5) is 0 Å². The minimum atomic E-state index is -0.618. The number of carbonyl (C=O) groups excluding carboxylic acids is 2. The normalized spacial score (nSPS) is 27.4. The number of hydrogen-bond acceptors (Lipinski definition) is 3. The zero-order valence-corrected chi connectivity index (χ0v) is 8.84. The Morgan fingerprint density at radius 1 is 1.25 bits per heavy atom. The van der Waals surface area contributed by atoms with Crippen molar-refractivity contribution in [3.63, 3.8) is 0 Å². The van der Waals surface area contributed by atoms with Crippen LogP contribution in [0.2, 0.25) is 0 Å². The van der Waals surface area contributed by atoms with Gasteiger partial charge in [-0.05, 0) is 18.1 Å². The number of ether oxygens (including phenoxy) is 1. The van der Waals surface area contributed by atoms with Gasteiger partial charge in [-0.25, -0.2) is 0 Å². The lowest BCUT2D eigenvalue weighted by molar-refractivity contribution is -0.138. The molecule has 0 spiro atoms. The lowest BCUT2D eigenvalue weighted by atomic mass is 9.92. The lowest BCUT2D eigenvalue weighted by Crippen LogP contribution is -2.35. The molecule has 3 rings (SSSR count). The van der Waals surface area contributed by atoms with Crippen LogP contribution in [-0.2, 0) is 16.0 Å². The van der Waals surface area contributed by atoms with E-state index in [-0.39, 0.29) is 17.7 Å². The van der Waals surface area contributed by atoms with Crippen LogP contribution in [-0.4, -0.2) is 29.9 Å². The number of para-hydroxylation sites is 1. The smallest absolute Gasteiger partial charge is 0.270 e. The summed E-state index contributed by atoms with van der Waals surface area (Å²) in [6, 6.07) is 7.54. The second-order valence-electron chi connectivity index (χ2n) is 4.19. The first kappa shape index (κ1) is 9.39. The second-order valence-corrected chi connectivity index (χ2v) is 4.19. The monoisotopic (exact) mass is 217 g/mol. The molecule has 82 valence electrons. The number of carbonyl (C=O) groups is 2. The van der Waals surface area contributed by atoms with E-state index >= 15 is 0 Å². The van der Waals surface area contributed by atoms with E-state index in [0.717, 1.165) is 11.3 Å². The molecule has 0 aliphatic carbocycles. The summed E-state index contributed by atoms with van der Waals surface area (Å²) >= 11 is 0. The highest BCUT2D eigenvalue weighted by atomic mass is 16.5. The molecule has 2 aliphatic heterocycles. The topological polar surface area (TPSA) is 46.6 Å². The molecule has 0 bridgehead atoms. The molecule has 2 atom stereocenters. The first-order valence-electron chi connectivity index (χ1n) is 5.24. The highest BCUT2D eigenvalue weighted by molar-refractivity contribution is 6.06. The van der Waals surface area contributed by atoms with Gasteiger partial charge in [-0.3, -0.25) is 14.5 Å². The summed E-state index contributed by atoms with van der Waals surface area (Å²) in [5.41, 5.74) is 1.00. The summed E-state index contributed by atoms with van der Waals surface area (Å²) in [7, 11) is 1.51. The number of rotatable bonds is 0. The first-order valence-corrected chi connectivity index (χ1v) is 5.24. The summed E-state index contributed by atoms with van der Waals surface area (Å²) < 4.78 is 5.60. The van der Waals surface area contributed by atoms with E-state index in [9.17, 15) is 9.59 Å². The minimum absolute atomic E-state index is 0.135. The van der Waals surface area contributed by atoms with E-state index in [0.29, 0.717) is 6.42 Å². The van der Waals surface area contributed by atoms with Gasteiger partial charge in [-0.2, -0.15) is 0 Å². The maximum absolute atomic E-state index is 11.8. The number of likely N-dealkylation sites (N-methyl/N-ethyl adjacent to an activating group) is 1. The molecule has 4 heteroatoms. The fraction of sp³-hybridized carbons (Fsp3) is 0.333. The van der Waals surface area contributed by atoms with E-state index in [1.807, 2.05) is 24.3 Å². The number of fused-ring (bicyclic) bond motifs is 2. The van der Waals surface area contributed by atoms with Crippen LogP contribution in [0, 0.1) is 5.92 Å². The molecule has 1 aromatic carbocycles. The largest absolute Gasteiger partial charge is 0.479 e. The molecular weight excluding hydrogens is 206 g/mol. The van der Waals surface area contributed by atoms with Crippen molar-refractivity contribution in [2.75, 3.05) is 7.05 Å². The van der Waals surface area contributed by atoms with Gasteiger partial charge in [0.05, 0.1) is 5.92 Å². The molecule has 1 saturated heterocycles. The van der Waals surface area contributed by atoms with Crippen molar-refractivity contribution in [2.24, 2.45) is 5.92 Å². The molecule has 2 heterocycles. The quantitative estimate of drug-likeness (QED) is 0.598. The standard InChI is InChI=1S/C12H11NO3/c1-13-11(14)8-6-7-4-2-3-5-9(7)16-10(8)12(13)15/h2-5,8,10H,6H2,1H3/t8-,10+/m0/s1. The van der Waals surface area contributed by atoms with Gasteiger partial charge >= 0.3 is 0 Å². The minimum Gasteiger partial charge on any atom is -0.479 e. The van der Waals surface area contributed by atoms with Crippen LogP contribution in [0.25, 0.3) is 0 Å². The fourth-order valence-corrected chi connectivity index (χ4v) is 2.34. The molecule has 0 unspecified atom stereocenters. The van der Waals surface area contributed by atoms with E-state index < -0.39 is 6.10 Å². The summed E-state index contributed by atoms with van der Waals surface area (Å²) in [5.74, 6) is 0.0154. The Hall–Kier alpha value is -1.84. The molecule has 0 N–H and O–H groups in total. The number of likely N-dealkylation sites (tertiary alicyclic amines) is 1. The maximum Gasteiger partial charge on any atom is 0.270 e. The molecule has 2 amide bonds. The summed E-state index contributed by atoms with van der Waals surface area (Å²) in [5, 5.41) is 0. The number of nitrogens with zero attached hydrogens (tertiary/aromatic N) is 1. The average molecular weight is 217 g/mol.